The van der Waals surface area contributed by atoms with Crippen LogP contribution in [0.3, 0.4) is 0 Å². The Kier molecular flexibility index (Phi) is 3.97. The van der Waals surface area contributed by atoms with Crippen molar-refractivity contribution in [2.45, 2.75) is 18.6 Å². The van der Waals surface area contributed by atoms with Gasteiger partial charge >= 0.3 is 6.18 Å². The number of hydrogen-bond donors (Lipinski definition) is 1. The summed E-state index contributed by atoms with van der Waals surface area (Å²) in [6.45, 7) is 1.60. The number of aliphatic imine (C=N–C) groups is 1. The molecule has 3 rings (SSSR count). The van der Waals surface area contributed by atoms with Gasteiger partial charge in [0, 0.05) is 13.2 Å². The molecule has 1 unspecified atom stereocenters. The average Bonchev–Trinajstić information content (AvgIpc) is 2.78. The Morgan fingerprint density at radius 2 is 1.85 bits per heavy atom. The van der Waals surface area contributed by atoms with Gasteiger partial charge in [-0.15, -0.1) is 0 Å². The van der Waals surface area contributed by atoms with Gasteiger partial charge < -0.3 is 5.73 Å². The van der Waals surface area contributed by atoms with Crippen molar-refractivity contribution in [2.24, 2.45) is 10.7 Å². The fraction of sp³-hybridized carbons (Fsp3) is 0.235. The van der Waals surface area contributed by atoms with E-state index in [2.05, 4.69) is 9.98 Å². The Bertz CT molecular complexity index is 905. The SMILES string of the molecule is Cc1cc(F)cc(C2(c3ccnc(C(F)(F)F)c3)N=C(N)N(C)C2=O)c1. The molecule has 136 valence electrons. The summed E-state index contributed by atoms with van der Waals surface area (Å²) in [6.07, 6.45) is -3.78. The third-order valence-electron chi connectivity index (χ3n) is 4.17. The van der Waals surface area contributed by atoms with Crippen LogP contribution in [-0.2, 0) is 16.5 Å². The van der Waals surface area contributed by atoms with Crippen molar-refractivity contribution < 1.29 is 22.4 Å². The molecule has 1 aliphatic rings. The van der Waals surface area contributed by atoms with Gasteiger partial charge in [0.25, 0.3) is 5.91 Å². The van der Waals surface area contributed by atoms with Crippen molar-refractivity contribution in [1.29, 1.82) is 0 Å². The first kappa shape index (κ1) is 17.8. The topological polar surface area (TPSA) is 71.6 Å². The maximum absolute atomic E-state index is 14.0. The van der Waals surface area contributed by atoms with E-state index >= 15 is 0 Å². The van der Waals surface area contributed by atoms with Gasteiger partial charge in [-0.3, -0.25) is 14.7 Å². The van der Waals surface area contributed by atoms with Crippen molar-refractivity contribution in [1.82, 2.24) is 9.88 Å². The van der Waals surface area contributed by atoms with E-state index in [-0.39, 0.29) is 17.1 Å². The number of pyridine rings is 1. The molecule has 1 amide bonds. The minimum Gasteiger partial charge on any atom is -0.369 e. The van der Waals surface area contributed by atoms with E-state index in [1.165, 1.54) is 25.2 Å². The lowest BCUT2D eigenvalue weighted by Gasteiger charge is -2.27. The second-order valence-electron chi connectivity index (χ2n) is 5.99. The van der Waals surface area contributed by atoms with E-state index in [0.29, 0.717) is 5.56 Å². The summed E-state index contributed by atoms with van der Waals surface area (Å²) in [5.74, 6) is -1.50. The van der Waals surface area contributed by atoms with Crippen LogP contribution >= 0.6 is 0 Å². The molecule has 0 radical (unpaired) electrons. The fourth-order valence-corrected chi connectivity index (χ4v) is 2.94. The number of hydrogen-bond acceptors (Lipinski definition) is 4. The molecule has 0 saturated heterocycles. The first-order valence-corrected chi connectivity index (χ1v) is 7.50. The van der Waals surface area contributed by atoms with E-state index in [4.69, 9.17) is 5.73 Å². The lowest BCUT2D eigenvalue weighted by molar-refractivity contribution is -0.141. The van der Waals surface area contributed by atoms with Gasteiger partial charge in [0.1, 0.15) is 11.5 Å². The van der Waals surface area contributed by atoms with Gasteiger partial charge in [-0.1, -0.05) is 6.07 Å². The largest absolute Gasteiger partial charge is 0.433 e. The summed E-state index contributed by atoms with van der Waals surface area (Å²) in [4.78, 5) is 21.4. The molecule has 0 fully saturated rings. The van der Waals surface area contributed by atoms with Crippen molar-refractivity contribution >= 4 is 11.9 Å². The van der Waals surface area contributed by atoms with Crippen LogP contribution in [0.1, 0.15) is 22.4 Å². The molecule has 2 heterocycles. The van der Waals surface area contributed by atoms with Gasteiger partial charge in [-0.25, -0.2) is 9.38 Å². The Morgan fingerprint density at radius 1 is 1.15 bits per heavy atom. The lowest BCUT2D eigenvalue weighted by atomic mass is 9.82. The molecular weight excluding hydrogens is 352 g/mol. The van der Waals surface area contributed by atoms with Crippen LogP contribution in [0.15, 0.2) is 41.5 Å². The van der Waals surface area contributed by atoms with Crippen molar-refractivity contribution in [3.8, 4) is 0 Å². The van der Waals surface area contributed by atoms with Crippen LogP contribution in [0, 0.1) is 12.7 Å². The number of alkyl halides is 3. The number of likely N-dealkylation sites (N-methyl/N-ethyl adjacent to an activating group) is 1. The molecule has 0 bridgehead atoms. The molecule has 2 aromatic rings. The summed E-state index contributed by atoms with van der Waals surface area (Å²) >= 11 is 0. The quantitative estimate of drug-likeness (QED) is 0.831. The van der Waals surface area contributed by atoms with E-state index in [1.54, 1.807) is 6.92 Å². The van der Waals surface area contributed by atoms with Crippen molar-refractivity contribution in [3.05, 3.63) is 64.7 Å². The van der Waals surface area contributed by atoms with E-state index < -0.39 is 29.1 Å². The van der Waals surface area contributed by atoms with Crippen LogP contribution in [0.4, 0.5) is 17.6 Å². The highest BCUT2D eigenvalue weighted by atomic mass is 19.4. The number of aryl methyl sites for hydroxylation is 1. The van der Waals surface area contributed by atoms with Gasteiger partial charge in [0.15, 0.2) is 11.5 Å². The molecule has 1 atom stereocenters. The van der Waals surface area contributed by atoms with Gasteiger partial charge in [0.05, 0.1) is 0 Å². The summed E-state index contributed by atoms with van der Waals surface area (Å²) in [5.41, 5.74) is 3.13. The first-order valence-electron chi connectivity index (χ1n) is 7.50. The minimum absolute atomic E-state index is 0.0895. The molecule has 5 nitrogen and oxygen atoms in total. The predicted octanol–water partition coefficient (Wildman–Crippen LogP) is 2.58. The van der Waals surface area contributed by atoms with Crippen molar-refractivity contribution in [2.75, 3.05) is 7.05 Å². The van der Waals surface area contributed by atoms with Gasteiger partial charge in [-0.2, -0.15) is 13.2 Å². The number of carbonyl (C=O) groups is 1. The fourth-order valence-electron chi connectivity index (χ4n) is 2.94. The summed E-state index contributed by atoms with van der Waals surface area (Å²) in [7, 11) is 1.35. The molecule has 2 N–H and O–H groups in total. The first-order chi connectivity index (χ1) is 12.1. The number of rotatable bonds is 2. The maximum atomic E-state index is 14.0. The second-order valence-corrected chi connectivity index (χ2v) is 5.99. The number of amides is 1. The smallest absolute Gasteiger partial charge is 0.369 e. The number of aromatic nitrogens is 1. The van der Waals surface area contributed by atoms with Gasteiger partial charge in [0.2, 0.25) is 0 Å². The number of halogens is 4. The third-order valence-corrected chi connectivity index (χ3v) is 4.17. The molecule has 26 heavy (non-hydrogen) atoms. The number of guanidine groups is 1. The molecule has 0 aliphatic carbocycles. The molecule has 1 aliphatic heterocycles. The van der Waals surface area contributed by atoms with E-state index in [0.717, 1.165) is 23.2 Å². The summed E-state index contributed by atoms with van der Waals surface area (Å²) in [6, 6.07) is 5.76. The zero-order chi connectivity index (χ0) is 19.3. The number of carbonyl (C=O) groups excluding carboxylic acids is 1. The summed E-state index contributed by atoms with van der Waals surface area (Å²) in [5, 5.41) is 0. The zero-order valence-corrected chi connectivity index (χ0v) is 13.8. The number of benzene rings is 1. The lowest BCUT2D eigenvalue weighted by Crippen LogP contribution is -2.41. The van der Waals surface area contributed by atoms with Crippen LogP contribution in [0.25, 0.3) is 0 Å². The maximum Gasteiger partial charge on any atom is 0.433 e. The van der Waals surface area contributed by atoms with Gasteiger partial charge in [-0.05, 0) is 47.9 Å². The van der Waals surface area contributed by atoms with Crippen LogP contribution < -0.4 is 5.73 Å². The zero-order valence-electron chi connectivity index (χ0n) is 13.8. The molecule has 0 spiro atoms. The average molecular weight is 366 g/mol. The summed E-state index contributed by atoms with van der Waals surface area (Å²) < 4.78 is 53.2. The van der Waals surface area contributed by atoms with Crippen LogP contribution in [0.2, 0.25) is 0 Å². The Hall–Kier alpha value is -2.97. The highest BCUT2D eigenvalue weighted by Crippen LogP contribution is 2.41. The van der Waals surface area contributed by atoms with Crippen LogP contribution in [-0.4, -0.2) is 28.8 Å². The Labute approximate surface area is 146 Å². The number of nitrogens with zero attached hydrogens (tertiary/aromatic N) is 3. The molecule has 1 aromatic carbocycles. The number of nitrogens with two attached hydrogens (primary N) is 1. The molecular formula is C17H14F4N4O. The Balaban J connectivity index is 2.33. The highest BCUT2D eigenvalue weighted by Gasteiger charge is 2.50. The standard InChI is InChI=1S/C17H14F4N4O/c1-9-5-11(7-12(18)6-9)16(14(26)25(2)15(22)24-16)10-3-4-23-13(8-10)17(19,20)21/h3-8H,1-2H3,(H2,22,24). The van der Waals surface area contributed by atoms with Crippen LogP contribution in [0.5, 0.6) is 0 Å². The molecule has 1 aromatic heterocycles. The Morgan fingerprint density at radius 3 is 2.38 bits per heavy atom. The highest BCUT2D eigenvalue weighted by molar-refractivity contribution is 6.08. The minimum atomic E-state index is -4.71. The second kappa shape index (κ2) is 5.79. The van der Waals surface area contributed by atoms with E-state index in [9.17, 15) is 22.4 Å². The molecule has 9 heteroatoms. The normalized spacial score (nSPS) is 20.5. The monoisotopic (exact) mass is 366 g/mol. The van der Waals surface area contributed by atoms with E-state index in [1.807, 2.05) is 0 Å². The van der Waals surface area contributed by atoms with Crippen molar-refractivity contribution in [3.63, 3.8) is 0 Å². The predicted molar refractivity (Wildman–Crippen MR) is 85.5 cm³/mol. The third kappa shape index (κ3) is 2.69. The molecule has 0 saturated carbocycles.